The summed E-state index contributed by atoms with van der Waals surface area (Å²) in [5.74, 6) is 0.467. The van der Waals surface area contributed by atoms with Crippen molar-refractivity contribution < 1.29 is 0 Å². The third-order valence-corrected chi connectivity index (χ3v) is 3.88. The molecular weight excluding hydrogens is 258 g/mol. The molecule has 3 heteroatoms. The Kier molecular flexibility index (Phi) is 5.48. The fraction of sp³-hybridized carbons (Fsp3) is 0.389. The monoisotopic (exact) mass is 283 g/mol. The van der Waals surface area contributed by atoms with Crippen molar-refractivity contribution in [2.75, 3.05) is 7.05 Å². The molecule has 0 saturated heterocycles. The van der Waals surface area contributed by atoms with Gasteiger partial charge in [-0.3, -0.25) is 9.88 Å². The Morgan fingerprint density at radius 3 is 2.29 bits per heavy atom. The van der Waals surface area contributed by atoms with Gasteiger partial charge in [0.05, 0.1) is 5.69 Å². The van der Waals surface area contributed by atoms with Gasteiger partial charge in [0, 0.05) is 24.8 Å². The number of hydrogen-bond donors (Lipinski definition) is 1. The summed E-state index contributed by atoms with van der Waals surface area (Å²) in [4.78, 5) is 6.72. The molecule has 3 nitrogen and oxygen atoms in total. The second-order valence-corrected chi connectivity index (χ2v) is 5.91. The number of nitrogens with zero attached hydrogens (tertiary/aromatic N) is 2. The highest BCUT2D eigenvalue weighted by atomic mass is 15.2. The van der Waals surface area contributed by atoms with Gasteiger partial charge in [0.2, 0.25) is 0 Å². The van der Waals surface area contributed by atoms with Crippen molar-refractivity contribution in [3.8, 4) is 0 Å². The van der Waals surface area contributed by atoms with Gasteiger partial charge in [-0.15, -0.1) is 0 Å². The minimum atomic E-state index is -0.0000813. The van der Waals surface area contributed by atoms with Gasteiger partial charge in [0.15, 0.2) is 0 Å². The number of hydrogen-bond acceptors (Lipinski definition) is 3. The maximum atomic E-state index is 6.53. The van der Waals surface area contributed by atoms with Crippen LogP contribution >= 0.6 is 0 Å². The molecule has 2 unspecified atom stereocenters. The van der Waals surface area contributed by atoms with Crippen molar-refractivity contribution >= 4 is 0 Å². The van der Waals surface area contributed by atoms with E-state index in [0.717, 1.165) is 12.2 Å². The van der Waals surface area contributed by atoms with E-state index in [1.165, 1.54) is 5.56 Å². The third-order valence-electron chi connectivity index (χ3n) is 3.88. The molecule has 0 aliphatic carbocycles. The Morgan fingerprint density at radius 1 is 1.05 bits per heavy atom. The van der Waals surface area contributed by atoms with Crippen LogP contribution in [0.2, 0.25) is 0 Å². The van der Waals surface area contributed by atoms with Crippen LogP contribution in [-0.2, 0) is 6.54 Å². The van der Waals surface area contributed by atoms with E-state index >= 15 is 0 Å². The number of aromatic nitrogens is 1. The molecule has 0 aliphatic heterocycles. The van der Waals surface area contributed by atoms with Crippen molar-refractivity contribution in [3.05, 3.63) is 66.0 Å². The summed E-state index contributed by atoms with van der Waals surface area (Å²) in [5, 5.41) is 0. The summed E-state index contributed by atoms with van der Waals surface area (Å²) in [5.41, 5.74) is 8.79. The van der Waals surface area contributed by atoms with Crippen molar-refractivity contribution in [2.45, 2.75) is 32.5 Å². The first-order valence-electron chi connectivity index (χ1n) is 7.50. The largest absolute Gasteiger partial charge is 0.323 e. The second kappa shape index (κ2) is 7.34. The molecule has 112 valence electrons. The predicted octanol–water partition coefficient (Wildman–Crippen LogP) is 3.24. The molecule has 0 aliphatic rings. The standard InChI is InChI=1S/C18H25N3/c1-14(2)18(17(19)15-9-5-4-6-10-15)21(3)13-16-11-7-8-12-20-16/h4-12,14,17-18H,13,19H2,1-3H3. The second-order valence-electron chi connectivity index (χ2n) is 5.91. The van der Waals surface area contributed by atoms with Crippen molar-refractivity contribution in [1.29, 1.82) is 0 Å². The van der Waals surface area contributed by atoms with E-state index in [1.54, 1.807) is 0 Å². The van der Waals surface area contributed by atoms with Crippen LogP contribution in [0.4, 0.5) is 0 Å². The van der Waals surface area contributed by atoms with Crippen LogP contribution in [0, 0.1) is 5.92 Å². The van der Waals surface area contributed by atoms with Gasteiger partial charge in [-0.05, 0) is 30.7 Å². The molecule has 21 heavy (non-hydrogen) atoms. The van der Waals surface area contributed by atoms with E-state index in [0.29, 0.717) is 5.92 Å². The fourth-order valence-corrected chi connectivity index (χ4v) is 2.92. The lowest BCUT2D eigenvalue weighted by molar-refractivity contribution is 0.154. The topological polar surface area (TPSA) is 42.1 Å². The highest BCUT2D eigenvalue weighted by Crippen LogP contribution is 2.24. The van der Waals surface area contributed by atoms with E-state index in [1.807, 2.05) is 36.5 Å². The van der Waals surface area contributed by atoms with Gasteiger partial charge < -0.3 is 5.73 Å². The van der Waals surface area contributed by atoms with Crippen LogP contribution in [0.1, 0.15) is 31.1 Å². The average Bonchev–Trinajstić information content (AvgIpc) is 2.49. The van der Waals surface area contributed by atoms with Crippen molar-refractivity contribution in [1.82, 2.24) is 9.88 Å². The fourth-order valence-electron chi connectivity index (χ4n) is 2.92. The highest BCUT2D eigenvalue weighted by molar-refractivity contribution is 5.20. The van der Waals surface area contributed by atoms with E-state index in [4.69, 9.17) is 5.73 Å². The SMILES string of the molecule is CC(C)C(C(N)c1ccccc1)N(C)Cc1ccccn1. The molecule has 0 fully saturated rings. The normalized spacial score (nSPS) is 14.4. The first-order chi connectivity index (χ1) is 10.1. The zero-order valence-electron chi connectivity index (χ0n) is 13.1. The van der Waals surface area contributed by atoms with Gasteiger partial charge in [-0.25, -0.2) is 0 Å². The number of likely N-dealkylation sites (N-methyl/N-ethyl adjacent to an activating group) is 1. The molecule has 1 aromatic carbocycles. The molecule has 2 N–H and O–H groups in total. The summed E-state index contributed by atoms with van der Waals surface area (Å²) in [6, 6.07) is 16.6. The predicted molar refractivity (Wildman–Crippen MR) is 87.7 cm³/mol. The lowest BCUT2D eigenvalue weighted by atomic mass is 9.90. The molecule has 2 rings (SSSR count). The molecule has 1 aromatic heterocycles. The quantitative estimate of drug-likeness (QED) is 0.885. The van der Waals surface area contributed by atoms with E-state index in [9.17, 15) is 0 Å². The lowest BCUT2D eigenvalue weighted by Crippen LogP contribution is -2.43. The van der Waals surface area contributed by atoms with E-state index < -0.39 is 0 Å². The molecular formula is C18H25N3. The Hall–Kier alpha value is -1.71. The Morgan fingerprint density at radius 2 is 1.71 bits per heavy atom. The summed E-state index contributed by atoms with van der Waals surface area (Å²) < 4.78 is 0. The molecule has 0 amide bonds. The van der Waals surface area contributed by atoms with Crippen LogP contribution in [-0.4, -0.2) is 23.0 Å². The minimum absolute atomic E-state index is 0.0000813. The Balaban J connectivity index is 2.15. The average molecular weight is 283 g/mol. The van der Waals surface area contributed by atoms with Gasteiger partial charge >= 0.3 is 0 Å². The molecule has 2 aromatic rings. The number of nitrogens with two attached hydrogens (primary N) is 1. The van der Waals surface area contributed by atoms with Gasteiger partial charge in [-0.2, -0.15) is 0 Å². The summed E-state index contributed by atoms with van der Waals surface area (Å²) in [6.45, 7) is 5.26. The Bertz CT molecular complexity index is 525. The van der Waals surface area contributed by atoms with Crippen LogP contribution in [0.3, 0.4) is 0 Å². The van der Waals surface area contributed by atoms with Crippen LogP contribution in [0.5, 0.6) is 0 Å². The molecule has 0 spiro atoms. The van der Waals surface area contributed by atoms with E-state index in [-0.39, 0.29) is 12.1 Å². The third kappa shape index (κ3) is 4.13. The first-order valence-corrected chi connectivity index (χ1v) is 7.50. The number of pyridine rings is 1. The lowest BCUT2D eigenvalue weighted by Gasteiger charge is -2.35. The van der Waals surface area contributed by atoms with Crippen LogP contribution < -0.4 is 5.73 Å². The van der Waals surface area contributed by atoms with Gasteiger partial charge in [-0.1, -0.05) is 50.2 Å². The van der Waals surface area contributed by atoms with Crippen molar-refractivity contribution in [2.24, 2.45) is 11.7 Å². The summed E-state index contributed by atoms with van der Waals surface area (Å²) in [7, 11) is 2.13. The smallest absolute Gasteiger partial charge is 0.0543 e. The maximum Gasteiger partial charge on any atom is 0.0543 e. The molecule has 0 bridgehead atoms. The number of benzene rings is 1. The van der Waals surface area contributed by atoms with Crippen LogP contribution in [0.15, 0.2) is 54.7 Å². The van der Waals surface area contributed by atoms with Crippen molar-refractivity contribution in [3.63, 3.8) is 0 Å². The van der Waals surface area contributed by atoms with E-state index in [2.05, 4.69) is 49.0 Å². The first kappa shape index (κ1) is 15.7. The zero-order chi connectivity index (χ0) is 15.2. The number of rotatable bonds is 6. The maximum absolute atomic E-state index is 6.53. The minimum Gasteiger partial charge on any atom is -0.323 e. The molecule has 0 saturated carbocycles. The van der Waals surface area contributed by atoms with Crippen LogP contribution in [0.25, 0.3) is 0 Å². The molecule has 1 heterocycles. The van der Waals surface area contributed by atoms with Gasteiger partial charge in [0.25, 0.3) is 0 Å². The summed E-state index contributed by atoms with van der Waals surface area (Å²) >= 11 is 0. The summed E-state index contributed by atoms with van der Waals surface area (Å²) in [6.07, 6.45) is 1.84. The van der Waals surface area contributed by atoms with Gasteiger partial charge in [0.1, 0.15) is 0 Å². The highest BCUT2D eigenvalue weighted by Gasteiger charge is 2.26. The molecule has 0 radical (unpaired) electrons. The Labute approximate surface area is 127 Å². The molecule has 2 atom stereocenters. The zero-order valence-corrected chi connectivity index (χ0v) is 13.1.